The van der Waals surface area contributed by atoms with E-state index in [1.54, 1.807) is 0 Å². The van der Waals surface area contributed by atoms with Crippen LogP contribution in [-0.2, 0) is 22.4 Å². The highest BCUT2D eigenvalue weighted by Gasteiger charge is 2.23. The molecule has 0 heterocycles. The zero-order valence-electron chi connectivity index (χ0n) is 12.0. The van der Waals surface area contributed by atoms with Gasteiger partial charge in [0.2, 0.25) is 0 Å². The van der Waals surface area contributed by atoms with Crippen molar-refractivity contribution in [2.45, 2.75) is 32.2 Å². The second kappa shape index (κ2) is 6.61. The molecule has 1 aliphatic rings. The van der Waals surface area contributed by atoms with Crippen LogP contribution in [0, 0.1) is 0 Å². The number of rotatable bonds is 6. The Balaban J connectivity index is 2.12. The van der Waals surface area contributed by atoms with Crippen LogP contribution in [0.2, 0.25) is 0 Å². The van der Waals surface area contributed by atoms with E-state index < -0.39 is 0 Å². The Bertz CT molecular complexity index is 487. The number of methoxy groups -OCH3 is 1. The molecule has 0 spiro atoms. The van der Waals surface area contributed by atoms with E-state index in [2.05, 4.69) is 4.74 Å². The third kappa shape index (κ3) is 3.42. The van der Waals surface area contributed by atoms with E-state index in [4.69, 9.17) is 15.2 Å². The van der Waals surface area contributed by atoms with Gasteiger partial charge in [0, 0.05) is 12.1 Å². The Morgan fingerprint density at radius 3 is 2.85 bits per heavy atom. The Morgan fingerprint density at radius 2 is 2.15 bits per heavy atom. The van der Waals surface area contributed by atoms with E-state index in [9.17, 15) is 4.79 Å². The molecule has 0 fully saturated rings. The highest BCUT2D eigenvalue weighted by Crippen LogP contribution is 2.34. The van der Waals surface area contributed by atoms with Gasteiger partial charge in [-0.25, -0.2) is 0 Å². The number of carbonyl (C=O) groups is 1. The lowest BCUT2D eigenvalue weighted by molar-refractivity contribution is -0.141. The van der Waals surface area contributed by atoms with Gasteiger partial charge in [-0.1, -0.05) is 0 Å². The molecule has 0 bridgehead atoms. The molecule has 0 saturated heterocycles. The number of carbonyl (C=O) groups excluding carboxylic acids is 1. The first-order chi connectivity index (χ1) is 9.63. The van der Waals surface area contributed by atoms with Crippen LogP contribution in [0.5, 0.6) is 11.5 Å². The number of nitrogens with two attached hydrogens (primary N) is 1. The molecule has 1 aromatic carbocycles. The lowest BCUT2D eigenvalue weighted by atomic mass is 10.1. The maximum Gasteiger partial charge on any atom is 0.308 e. The highest BCUT2D eigenvalue weighted by atomic mass is 16.5. The van der Waals surface area contributed by atoms with Gasteiger partial charge in [0.15, 0.2) is 0 Å². The van der Waals surface area contributed by atoms with Gasteiger partial charge in [-0.2, -0.15) is 0 Å². The van der Waals surface area contributed by atoms with E-state index >= 15 is 0 Å². The Morgan fingerprint density at radius 1 is 1.35 bits per heavy atom. The minimum Gasteiger partial charge on any atom is -0.494 e. The second-order valence-electron chi connectivity index (χ2n) is 4.84. The van der Waals surface area contributed by atoms with E-state index in [0.29, 0.717) is 13.2 Å². The summed E-state index contributed by atoms with van der Waals surface area (Å²) in [6.07, 6.45) is 1.87. The predicted octanol–water partition coefficient (Wildman–Crippen LogP) is 1.45. The van der Waals surface area contributed by atoms with Crippen LogP contribution in [0.4, 0.5) is 0 Å². The number of esters is 1. The molecular formula is C15H21NO4. The lowest BCUT2D eigenvalue weighted by Gasteiger charge is -2.13. The number of hydrogen-bond acceptors (Lipinski definition) is 5. The van der Waals surface area contributed by atoms with Gasteiger partial charge in [0.1, 0.15) is 11.5 Å². The van der Waals surface area contributed by atoms with Crippen LogP contribution >= 0.6 is 0 Å². The smallest absolute Gasteiger partial charge is 0.308 e. The molecule has 5 heteroatoms. The standard InChI is InChI=1S/C15H21NO4/c1-3-19-12-7-10-6-11(16)8-13(10)14(9-12)20-5-4-15(17)18-2/h7,9,11H,3-6,8,16H2,1-2H3. The van der Waals surface area contributed by atoms with Gasteiger partial charge >= 0.3 is 5.97 Å². The molecule has 0 saturated carbocycles. The van der Waals surface area contributed by atoms with Gasteiger partial charge < -0.3 is 19.9 Å². The molecule has 0 aliphatic heterocycles. The van der Waals surface area contributed by atoms with Crippen LogP contribution in [0.15, 0.2) is 12.1 Å². The number of ether oxygens (including phenoxy) is 3. The zero-order chi connectivity index (χ0) is 14.5. The maximum absolute atomic E-state index is 11.1. The zero-order valence-corrected chi connectivity index (χ0v) is 12.0. The molecule has 110 valence electrons. The first-order valence-electron chi connectivity index (χ1n) is 6.87. The Hall–Kier alpha value is -1.75. The topological polar surface area (TPSA) is 70.8 Å². The fourth-order valence-corrected chi connectivity index (χ4v) is 2.43. The highest BCUT2D eigenvalue weighted by molar-refractivity contribution is 5.69. The third-order valence-corrected chi connectivity index (χ3v) is 3.33. The van der Waals surface area contributed by atoms with Gasteiger partial charge in [0.25, 0.3) is 0 Å². The summed E-state index contributed by atoms with van der Waals surface area (Å²) >= 11 is 0. The summed E-state index contributed by atoms with van der Waals surface area (Å²) in [6, 6.07) is 4.03. The van der Waals surface area contributed by atoms with E-state index in [-0.39, 0.29) is 18.4 Å². The quantitative estimate of drug-likeness (QED) is 0.798. The van der Waals surface area contributed by atoms with Crippen molar-refractivity contribution in [1.29, 1.82) is 0 Å². The van der Waals surface area contributed by atoms with Gasteiger partial charge in [-0.15, -0.1) is 0 Å². The van der Waals surface area contributed by atoms with E-state index in [1.165, 1.54) is 12.7 Å². The molecule has 0 radical (unpaired) electrons. The summed E-state index contributed by atoms with van der Waals surface area (Å²) in [7, 11) is 1.37. The van der Waals surface area contributed by atoms with Crippen LogP contribution < -0.4 is 15.2 Å². The average molecular weight is 279 g/mol. The van der Waals surface area contributed by atoms with Crippen molar-refractivity contribution in [3.05, 3.63) is 23.3 Å². The average Bonchev–Trinajstić information content (AvgIpc) is 2.79. The maximum atomic E-state index is 11.1. The summed E-state index contributed by atoms with van der Waals surface area (Å²) in [5, 5.41) is 0. The Kier molecular flexibility index (Phi) is 4.84. The van der Waals surface area contributed by atoms with Crippen LogP contribution in [-0.4, -0.2) is 32.3 Å². The summed E-state index contributed by atoms with van der Waals surface area (Å²) in [4.78, 5) is 11.1. The molecule has 1 aromatic rings. The first-order valence-corrected chi connectivity index (χ1v) is 6.87. The summed E-state index contributed by atoms with van der Waals surface area (Å²) in [5.41, 5.74) is 8.31. The molecule has 2 rings (SSSR count). The summed E-state index contributed by atoms with van der Waals surface area (Å²) < 4.78 is 15.9. The van der Waals surface area contributed by atoms with Gasteiger partial charge in [-0.3, -0.25) is 4.79 Å². The van der Waals surface area contributed by atoms with Crippen molar-refractivity contribution >= 4 is 5.97 Å². The molecule has 1 atom stereocenters. The molecule has 20 heavy (non-hydrogen) atoms. The lowest BCUT2D eigenvalue weighted by Crippen LogP contribution is -2.19. The fourth-order valence-electron chi connectivity index (χ4n) is 2.43. The normalized spacial score (nSPS) is 16.6. The van der Waals surface area contributed by atoms with Crippen LogP contribution in [0.3, 0.4) is 0 Å². The molecule has 0 aromatic heterocycles. The van der Waals surface area contributed by atoms with Crippen molar-refractivity contribution in [3.63, 3.8) is 0 Å². The van der Waals surface area contributed by atoms with Crippen molar-refractivity contribution in [3.8, 4) is 11.5 Å². The number of hydrogen-bond donors (Lipinski definition) is 1. The Labute approximate surface area is 119 Å². The molecule has 1 aliphatic carbocycles. The van der Waals surface area contributed by atoms with E-state index in [0.717, 1.165) is 29.9 Å². The van der Waals surface area contributed by atoms with Crippen LogP contribution in [0.1, 0.15) is 24.5 Å². The van der Waals surface area contributed by atoms with E-state index in [1.807, 2.05) is 19.1 Å². The molecular weight excluding hydrogens is 258 g/mol. The van der Waals surface area contributed by atoms with Crippen molar-refractivity contribution in [1.82, 2.24) is 0 Å². The van der Waals surface area contributed by atoms with Gasteiger partial charge in [-0.05, 0) is 37.0 Å². The summed E-state index contributed by atoms with van der Waals surface area (Å²) in [5.74, 6) is 1.27. The molecule has 5 nitrogen and oxygen atoms in total. The van der Waals surface area contributed by atoms with Crippen molar-refractivity contribution in [2.24, 2.45) is 5.73 Å². The SMILES string of the molecule is CCOc1cc2c(c(OCCC(=O)OC)c1)CC(N)C2. The largest absolute Gasteiger partial charge is 0.494 e. The molecule has 0 amide bonds. The van der Waals surface area contributed by atoms with Crippen molar-refractivity contribution < 1.29 is 19.0 Å². The predicted molar refractivity (Wildman–Crippen MR) is 75.1 cm³/mol. The monoisotopic (exact) mass is 279 g/mol. The summed E-state index contributed by atoms with van der Waals surface area (Å²) in [6.45, 7) is 2.84. The molecule has 2 N–H and O–H groups in total. The van der Waals surface area contributed by atoms with Crippen molar-refractivity contribution in [2.75, 3.05) is 20.3 Å². The third-order valence-electron chi connectivity index (χ3n) is 3.33. The first kappa shape index (κ1) is 14.7. The van der Waals surface area contributed by atoms with Gasteiger partial charge in [0.05, 0.1) is 26.7 Å². The number of benzene rings is 1. The fraction of sp³-hybridized carbons (Fsp3) is 0.533. The minimum absolute atomic E-state index is 0.129. The molecule has 1 unspecified atom stereocenters. The number of fused-ring (bicyclic) bond motifs is 1. The minimum atomic E-state index is -0.278. The second-order valence-corrected chi connectivity index (χ2v) is 4.84. The van der Waals surface area contributed by atoms with Crippen LogP contribution in [0.25, 0.3) is 0 Å².